The van der Waals surface area contributed by atoms with Crippen LogP contribution >= 0.6 is 0 Å². The van der Waals surface area contributed by atoms with Gasteiger partial charge < -0.3 is 5.32 Å². The van der Waals surface area contributed by atoms with Gasteiger partial charge in [0.1, 0.15) is 5.69 Å². The highest BCUT2D eigenvalue weighted by Crippen LogP contribution is 2.54. The third kappa shape index (κ3) is 2.77. The molecule has 1 aliphatic carbocycles. The Balaban J connectivity index is 1.93. The quantitative estimate of drug-likeness (QED) is 0.387. The fourth-order valence-electron chi connectivity index (χ4n) is 4.56. The number of hydrogen-bond donors (Lipinski definition) is 1. The van der Waals surface area contributed by atoms with E-state index in [9.17, 15) is 23.3 Å². The Morgan fingerprint density at radius 1 is 1.21 bits per heavy atom. The molecule has 146 valence electrons. The van der Waals surface area contributed by atoms with Crippen molar-refractivity contribution in [2.24, 2.45) is 5.92 Å². The molecular formula is C21H19F3N2O2. The highest BCUT2D eigenvalue weighted by Gasteiger charge is 2.44. The summed E-state index contributed by atoms with van der Waals surface area (Å²) in [4.78, 5) is 11.2. The van der Waals surface area contributed by atoms with Crippen molar-refractivity contribution in [3.8, 4) is 0 Å². The molecule has 4 nitrogen and oxygen atoms in total. The number of nitro benzene ring substituents is 1. The van der Waals surface area contributed by atoms with E-state index in [1.54, 1.807) is 6.07 Å². The number of fused-ring (bicyclic) bond motifs is 3. The summed E-state index contributed by atoms with van der Waals surface area (Å²) in [6.07, 6.45) is 0.0664. The maximum atomic E-state index is 13.6. The van der Waals surface area contributed by atoms with E-state index in [1.165, 1.54) is 18.2 Å². The molecule has 0 spiro atoms. The summed E-state index contributed by atoms with van der Waals surface area (Å²) in [7, 11) is 0. The molecular weight excluding hydrogens is 369 g/mol. The SMILES string of the molecule is Cc1cc([N+](=O)[O-])c2c(c1C)[C@@H]1C=CC[C@@H]1[C@@H](c1ccccc1C(F)(F)F)N2. The van der Waals surface area contributed by atoms with Crippen molar-refractivity contribution in [3.05, 3.63) is 80.4 Å². The third-order valence-corrected chi connectivity index (χ3v) is 5.95. The minimum Gasteiger partial charge on any atom is -0.372 e. The molecule has 28 heavy (non-hydrogen) atoms. The van der Waals surface area contributed by atoms with E-state index < -0.39 is 22.7 Å². The Bertz CT molecular complexity index is 998. The average Bonchev–Trinajstić information content (AvgIpc) is 3.12. The number of anilines is 1. The summed E-state index contributed by atoms with van der Waals surface area (Å²) < 4.78 is 40.8. The molecule has 4 rings (SSSR count). The van der Waals surface area contributed by atoms with E-state index in [4.69, 9.17) is 0 Å². The van der Waals surface area contributed by atoms with Gasteiger partial charge in [0.15, 0.2) is 0 Å². The lowest BCUT2D eigenvalue weighted by Gasteiger charge is -2.39. The summed E-state index contributed by atoms with van der Waals surface area (Å²) in [5, 5.41) is 14.8. The molecule has 0 aromatic heterocycles. The molecule has 1 heterocycles. The molecule has 0 amide bonds. The summed E-state index contributed by atoms with van der Waals surface area (Å²) in [6, 6.07) is 6.31. The van der Waals surface area contributed by atoms with Crippen LogP contribution in [0, 0.1) is 29.9 Å². The molecule has 1 aliphatic heterocycles. The van der Waals surface area contributed by atoms with E-state index in [0.717, 1.165) is 22.8 Å². The van der Waals surface area contributed by atoms with Gasteiger partial charge >= 0.3 is 6.18 Å². The number of halogens is 3. The van der Waals surface area contributed by atoms with Gasteiger partial charge in [-0.3, -0.25) is 10.1 Å². The number of nitro groups is 1. The van der Waals surface area contributed by atoms with Crippen molar-refractivity contribution in [1.29, 1.82) is 0 Å². The number of aryl methyl sites for hydroxylation is 1. The van der Waals surface area contributed by atoms with Crippen LogP contribution in [0.25, 0.3) is 0 Å². The summed E-state index contributed by atoms with van der Waals surface area (Å²) >= 11 is 0. The molecule has 1 N–H and O–H groups in total. The molecule has 2 aromatic rings. The van der Waals surface area contributed by atoms with Crippen molar-refractivity contribution in [1.82, 2.24) is 0 Å². The van der Waals surface area contributed by atoms with Gasteiger partial charge in [0.05, 0.1) is 16.5 Å². The van der Waals surface area contributed by atoms with Crippen molar-refractivity contribution in [2.75, 3.05) is 5.32 Å². The highest BCUT2D eigenvalue weighted by atomic mass is 19.4. The van der Waals surface area contributed by atoms with Gasteiger partial charge in [0, 0.05) is 12.0 Å². The van der Waals surface area contributed by atoms with Crippen molar-refractivity contribution < 1.29 is 18.1 Å². The molecule has 2 aromatic carbocycles. The van der Waals surface area contributed by atoms with E-state index >= 15 is 0 Å². The molecule has 0 saturated heterocycles. The first kappa shape index (κ1) is 18.5. The Morgan fingerprint density at radius 3 is 2.61 bits per heavy atom. The molecule has 7 heteroatoms. The predicted octanol–water partition coefficient (Wildman–Crippen LogP) is 6.06. The zero-order valence-electron chi connectivity index (χ0n) is 15.4. The van der Waals surface area contributed by atoms with E-state index in [1.807, 2.05) is 26.0 Å². The third-order valence-electron chi connectivity index (χ3n) is 5.95. The topological polar surface area (TPSA) is 55.2 Å². The normalized spacial score (nSPS) is 23.1. The van der Waals surface area contributed by atoms with Gasteiger partial charge in [-0.1, -0.05) is 30.4 Å². The first-order valence-corrected chi connectivity index (χ1v) is 9.08. The van der Waals surface area contributed by atoms with Gasteiger partial charge in [-0.2, -0.15) is 13.2 Å². The van der Waals surface area contributed by atoms with Gasteiger partial charge in [0.25, 0.3) is 5.69 Å². The Morgan fingerprint density at radius 2 is 1.93 bits per heavy atom. The lowest BCUT2D eigenvalue weighted by Crippen LogP contribution is -2.32. The fourth-order valence-corrected chi connectivity index (χ4v) is 4.56. The summed E-state index contributed by atoms with van der Waals surface area (Å²) in [5.74, 6) is -0.280. The maximum Gasteiger partial charge on any atom is 0.416 e. The van der Waals surface area contributed by atoms with Crippen LogP contribution in [-0.2, 0) is 6.18 Å². The minimum absolute atomic E-state index is 0.0914. The standard InChI is InChI=1S/C21H19F3N2O2/c1-11-10-17(26(27)28)20-18(12(11)2)13-7-5-8-14(13)19(25-20)15-6-3-4-9-16(15)21(22,23)24/h3-7,9-10,13-14,19,25H,8H2,1-2H3/t13-,14+,19+/m1/s1. The molecule has 3 atom stereocenters. The summed E-state index contributed by atoms with van der Waals surface area (Å²) in [6.45, 7) is 3.73. The van der Waals surface area contributed by atoms with Crippen LogP contribution in [0.15, 0.2) is 42.5 Å². The van der Waals surface area contributed by atoms with Crippen molar-refractivity contribution >= 4 is 11.4 Å². The Kier molecular flexibility index (Phi) is 4.21. The van der Waals surface area contributed by atoms with Crippen LogP contribution in [0.1, 0.15) is 46.2 Å². The Hall–Kier alpha value is -2.83. The van der Waals surface area contributed by atoms with E-state index in [0.29, 0.717) is 12.1 Å². The van der Waals surface area contributed by atoms with Gasteiger partial charge in [-0.05, 0) is 54.5 Å². The number of nitrogens with one attached hydrogen (secondary N) is 1. The van der Waals surface area contributed by atoms with Gasteiger partial charge in [0.2, 0.25) is 0 Å². The van der Waals surface area contributed by atoms with E-state index in [-0.39, 0.29) is 23.1 Å². The highest BCUT2D eigenvalue weighted by molar-refractivity contribution is 5.74. The number of alkyl halides is 3. The van der Waals surface area contributed by atoms with Crippen LogP contribution in [0.4, 0.5) is 24.5 Å². The lowest BCUT2D eigenvalue weighted by atomic mass is 9.74. The number of hydrogen-bond acceptors (Lipinski definition) is 3. The van der Waals surface area contributed by atoms with E-state index in [2.05, 4.69) is 5.32 Å². The smallest absolute Gasteiger partial charge is 0.372 e. The Labute approximate surface area is 160 Å². The number of nitrogens with zero attached hydrogens (tertiary/aromatic N) is 1. The predicted molar refractivity (Wildman–Crippen MR) is 100 cm³/mol. The van der Waals surface area contributed by atoms with Crippen molar-refractivity contribution in [2.45, 2.75) is 38.4 Å². The van der Waals surface area contributed by atoms with Gasteiger partial charge in [-0.15, -0.1) is 0 Å². The zero-order chi connectivity index (χ0) is 20.2. The lowest BCUT2D eigenvalue weighted by molar-refractivity contribution is -0.384. The second-order valence-electron chi connectivity index (χ2n) is 7.44. The van der Waals surface area contributed by atoms with Crippen LogP contribution in [-0.4, -0.2) is 4.92 Å². The second kappa shape index (κ2) is 6.36. The number of allylic oxidation sites excluding steroid dienone is 2. The van der Waals surface area contributed by atoms with Gasteiger partial charge in [-0.25, -0.2) is 0 Å². The van der Waals surface area contributed by atoms with Crippen molar-refractivity contribution in [3.63, 3.8) is 0 Å². The fraction of sp³-hybridized carbons (Fsp3) is 0.333. The molecule has 0 unspecified atom stereocenters. The van der Waals surface area contributed by atoms with Crippen LogP contribution in [0.2, 0.25) is 0 Å². The first-order valence-electron chi connectivity index (χ1n) is 9.08. The number of rotatable bonds is 2. The molecule has 0 radical (unpaired) electrons. The molecule has 2 aliphatic rings. The minimum atomic E-state index is -4.49. The maximum absolute atomic E-state index is 13.6. The number of benzene rings is 2. The average molecular weight is 388 g/mol. The summed E-state index contributed by atoms with van der Waals surface area (Å²) in [5.41, 5.74) is 2.25. The van der Waals surface area contributed by atoms with Crippen LogP contribution < -0.4 is 5.32 Å². The molecule has 0 fully saturated rings. The monoisotopic (exact) mass is 388 g/mol. The van der Waals surface area contributed by atoms with Crippen LogP contribution in [0.5, 0.6) is 0 Å². The molecule has 0 saturated carbocycles. The molecule has 0 bridgehead atoms. The largest absolute Gasteiger partial charge is 0.416 e. The zero-order valence-corrected chi connectivity index (χ0v) is 15.4. The second-order valence-corrected chi connectivity index (χ2v) is 7.44. The first-order chi connectivity index (χ1) is 13.2. The van der Waals surface area contributed by atoms with Crippen LogP contribution in [0.3, 0.4) is 0 Å².